The number of H-pyrrole nitrogens is 1. The van der Waals surface area contributed by atoms with Crippen LogP contribution in [0.25, 0.3) is 37.6 Å². The van der Waals surface area contributed by atoms with Gasteiger partial charge in [-0.15, -0.1) is 11.3 Å². The Morgan fingerprint density at radius 3 is 2.53 bits per heavy atom. The molecule has 7 heteroatoms. The molecule has 0 aliphatic carbocycles. The Bertz CT molecular complexity index is 1480. The predicted octanol–water partition coefficient (Wildman–Crippen LogP) is 5.76. The smallest absolute Gasteiger partial charge is 0.158 e. The number of thiophene rings is 1. The highest BCUT2D eigenvalue weighted by molar-refractivity contribution is 7.22. The lowest BCUT2D eigenvalue weighted by atomic mass is 9.95. The molecule has 0 radical (unpaired) electrons. The molecule has 0 saturated carbocycles. The molecule has 0 amide bonds. The summed E-state index contributed by atoms with van der Waals surface area (Å²) in [5, 5.41) is 9.18. The van der Waals surface area contributed by atoms with Crippen LogP contribution in [0.2, 0.25) is 0 Å². The van der Waals surface area contributed by atoms with Gasteiger partial charge < -0.3 is 15.2 Å². The molecule has 1 aromatic carbocycles. The second-order valence-electron chi connectivity index (χ2n) is 9.55. The summed E-state index contributed by atoms with van der Waals surface area (Å²) in [7, 11) is 0. The van der Waals surface area contributed by atoms with Gasteiger partial charge in [0.25, 0.3) is 0 Å². The molecule has 174 valence electrons. The summed E-state index contributed by atoms with van der Waals surface area (Å²) in [6, 6.07) is 11.3. The van der Waals surface area contributed by atoms with E-state index >= 15 is 0 Å². The molecule has 1 aliphatic heterocycles. The van der Waals surface area contributed by atoms with Crippen molar-refractivity contribution in [2.75, 3.05) is 31.1 Å². The van der Waals surface area contributed by atoms with Crippen LogP contribution in [0.1, 0.15) is 36.5 Å². The zero-order chi connectivity index (χ0) is 23.4. The van der Waals surface area contributed by atoms with E-state index in [4.69, 9.17) is 0 Å². The number of benzene rings is 1. The quantitative estimate of drug-likeness (QED) is 0.351. The van der Waals surface area contributed by atoms with Crippen molar-refractivity contribution in [1.82, 2.24) is 24.9 Å². The van der Waals surface area contributed by atoms with E-state index < -0.39 is 0 Å². The normalized spacial score (nSPS) is 14.7. The molecule has 1 aliphatic rings. The highest BCUT2D eigenvalue weighted by atomic mass is 32.1. The lowest BCUT2D eigenvalue weighted by molar-refractivity contribution is 0.589. The van der Waals surface area contributed by atoms with Crippen LogP contribution in [0.15, 0.2) is 42.9 Å². The largest absolute Gasteiger partial charge is 0.369 e. The molecule has 0 bridgehead atoms. The van der Waals surface area contributed by atoms with E-state index in [2.05, 4.69) is 89.5 Å². The lowest BCUT2D eigenvalue weighted by Crippen LogP contribution is -2.43. The molecule has 6 rings (SSSR count). The van der Waals surface area contributed by atoms with Gasteiger partial charge in [-0.2, -0.15) is 5.10 Å². The van der Waals surface area contributed by atoms with Crippen molar-refractivity contribution >= 4 is 32.9 Å². The second kappa shape index (κ2) is 8.25. The van der Waals surface area contributed by atoms with E-state index in [1.165, 1.54) is 43.2 Å². The average molecular weight is 471 g/mol. The summed E-state index contributed by atoms with van der Waals surface area (Å²) in [6.07, 6.45) is 3.70. The van der Waals surface area contributed by atoms with Crippen LogP contribution in [0, 0.1) is 13.8 Å². The van der Waals surface area contributed by atoms with E-state index in [1.807, 2.05) is 15.9 Å². The molecule has 1 fully saturated rings. The molecular weight excluding hydrogens is 440 g/mol. The number of pyridine rings is 1. The Morgan fingerprint density at radius 1 is 1.03 bits per heavy atom. The van der Waals surface area contributed by atoms with Crippen molar-refractivity contribution in [2.45, 2.75) is 33.6 Å². The van der Waals surface area contributed by atoms with Crippen LogP contribution in [0.3, 0.4) is 0 Å². The van der Waals surface area contributed by atoms with Crippen LogP contribution < -0.4 is 10.2 Å². The maximum absolute atomic E-state index is 4.38. The summed E-state index contributed by atoms with van der Waals surface area (Å²) in [4.78, 5) is 13.2. The zero-order valence-corrected chi connectivity index (χ0v) is 21.0. The van der Waals surface area contributed by atoms with Crippen molar-refractivity contribution in [2.24, 2.45) is 0 Å². The number of piperazine rings is 1. The minimum atomic E-state index is 0.395. The van der Waals surface area contributed by atoms with Crippen molar-refractivity contribution in [3.8, 4) is 21.7 Å². The third kappa shape index (κ3) is 3.42. The van der Waals surface area contributed by atoms with Crippen LogP contribution in [0.4, 0.5) is 5.69 Å². The van der Waals surface area contributed by atoms with E-state index in [9.17, 15) is 0 Å². The minimum Gasteiger partial charge on any atom is -0.369 e. The fourth-order valence-electron chi connectivity index (χ4n) is 5.29. The Morgan fingerprint density at radius 2 is 1.79 bits per heavy atom. The van der Waals surface area contributed by atoms with Gasteiger partial charge >= 0.3 is 0 Å². The Kier molecular flexibility index (Phi) is 5.19. The molecule has 0 spiro atoms. The lowest BCUT2D eigenvalue weighted by Gasteiger charge is -2.29. The summed E-state index contributed by atoms with van der Waals surface area (Å²) in [5.41, 5.74) is 9.74. The number of aryl methyl sites for hydroxylation is 2. The topological polar surface area (TPSA) is 61.2 Å². The third-order valence-corrected chi connectivity index (χ3v) is 8.22. The molecule has 1 saturated heterocycles. The number of aromatic nitrogens is 4. The highest BCUT2D eigenvalue weighted by Gasteiger charge is 2.23. The van der Waals surface area contributed by atoms with Crippen molar-refractivity contribution in [3.05, 3.63) is 59.5 Å². The number of hydrogen-bond donors (Lipinski definition) is 2. The number of rotatable bonds is 4. The number of aromatic amines is 1. The Labute approximate surface area is 203 Å². The van der Waals surface area contributed by atoms with E-state index in [1.54, 1.807) is 6.33 Å². The molecule has 34 heavy (non-hydrogen) atoms. The summed E-state index contributed by atoms with van der Waals surface area (Å²) in [6.45, 7) is 13.2. The van der Waals surface area contributed by atoms with Crippen LogP contribution in [-0.2, 0) is 0 Å². The molecular formula is C27H30N6S. The van der Waals surface area contributed by atoms with Gasteiger partial charge in [0, 0.05) is 53.9 Å². The number of nitrogens with zero attached hydrogens (tertiary/aromatic N) is 4. The first-order valence-electron chi connectivity index (χ1n) is 12.0. The van der Waals surface area contributed by atoms with Crippen molar-refractivity contribution in [1.29, 1.82) is 0 Å². The van der Waals surface area contributed by atoms with Gasteiger partial charge in [0.15, 0.2) is 5.65 Å². The van der Waals surface area contributed by atoms with Gasteiger partial charge in [0.05, 0.1) is 5.69 Å². The monoisotopic (exact) mass is 470 g/mol. The second-order valence-corrected chi connectivity index (χ2v) is 10.6. The fourth-order valence-corrected chi connectivity index (χ4v) is 6.52. The van der Waals surface area contributed by atoms with Gasteiger partial charge in [-0.05, 0) is 60.2 Å². The maximum Gasteiger partial charge on any atom is 0.158 e. The number of anilines is 1. The summed E-state index contributed by atoms with van der Waals surface area (Å²) >= 11 is 1.86. The Hall–Kier alpha value is -3.16. The SMILES string of the molecule is Cc1c(-c2ccc(N3CCNCC3)cc2)sc2[nH]c(-c3cc(C)c4ncnn4c3)c(C(C)C)c12. The van der Waals surface area contributed by atoms with Gasteiger partial charge in [-0.25, -0.2) is 9.50 Å². The van der Waals surface area contributed by atoms with Gasteiger partial charge in [0.2, 0.25) is 0 Å². The van der Waals surface area contributed by atoms with Gasteiger partial charge in [-0.1, -0.05) is 26.0 Å². The zero-order valence-electron chi connectivity index (χ0n) is 20.1. The summed E-state index contributed by atoms with van der Waals surface area (Å²) in [5.74, 6) is 0.395. The highest BCUT2D eigenvalue weighted by Crippen LogP contribution is 2.45. The molecule has 5 heterocycles. The number of fused-ring (bicyclic) bond motifs is 2. The standard InChI is InChI=1S/C27H30N6S/c1-16(2)22-23-18(4)25(19-5-7-21(8-6-19)32-11-9-28-10-12-32)34-27(23)31-24(22)20-13-17(3)26-29-15-30-33(26)14-20/h5-8,13-16,28,31H,9-12H2,1-4H3. The van der Waals surface area contributed by atoms with Crippen LogP contribution in [0.5, 0.6) is 0 Å². The Balaban J connectivity index is 1.43. The van der Waals surface area contributed by atoms with E-state index in [0.29, 0.717) is 5.92 Å². The van der Waals surface area contributed by atoms with Gasteiger partial charge in [-0.3, -0.25) is 0 Å². The van der Waals surface area contributed by atoms with E-state index in [-0.39, 0.29) is 0 Å². The maximum atomic E-state index is 4.38. The predicted molar refractivity (Wildman–Crippen MR) is 142 cm³/mol. The first kappa shape index (κ1) is 21.4. The van der Waals surface area contributed by atoms with Crippen LogP contribution in [-0.4, -0.2) is 45.8 Å². The molecule has 4 aromatic heterocycles. The van der Waals surface area contributed by atoms with Crippen LogP contribution >= 0.6 is 11.3 Å². The van der Waals surface area contributed by atoms with E-state index in [0.717, 1.165) is 43.0 Å². The summed E-state index contributed by atoms with van der Waals surface area (Å²) < 4.78 is 1.88. The molecule has 0 unspecified atom stereocenters. The molecule has 6 nitrogen and oxygen atoms in total. The number of nitrogens with one attached hydrogen (secondary N) is 2. The molecule has 5 aromatic rings. The molecule has 2 N–H and O–H groups in total. The van der Waals surface area contributed by atoms with Crippen molar-refractivity contribution in [3.63, 3.8) is 0 Å². The van der Waals surface area contributed by atoms with Crippen molar-refractivity contribution < 1.29 is 0 Å². The third-order valence-electron chi connectivity index (χ3n) is 6.96. The first-order chi connectivity index (χ1) is 16.5. The minimum absolute atomic E-state index is 0.395. The fraction of sp³-hybridized carbons (Fsp3) is 0.333. The van der Waals surface area contributed by atoms with Gasteiger partial charge in [0.1, 0.15) is 11.2 Å². The first-order valence-corrected chi connectivity index (χ1v) is 12.8. The number of hydrogen-bond acceptors (Lipinski definition) is 5. The average Bonchev–Trinajstić information content (AvgIpc) is 3.55. The molecule has 0 atom stereocenters.